The van der Waals surface area contributed by atoms with Crippen molar-refractivity contribution in [2.24, 2.45) is 5.41 Å². The predicted octanol–water partition coefficient (Wildman–Crippen LogP) is 4.10. The molecule has 6 nitrogen and oxygen atoms in total. The van der Waals surface area contributed by atoms with E-state index in [1.54, 1.807) is 21.0 Å². The number of carbonyl (C=O) groups is 2. The molecule has 0 saturated carbocycles. The van der Waals surface area contributed by atoms with Crippen LogP contribution in [-0.4, -0.2) is 56.8 Å². The van der Waals surface area contributed by atoms with E-state index in [1.165, 1.54) is 7.05 Å². The van der Waals surface area contributed by atoms with Crippen molar-refractivity contribution in [3.8, 4) is 0 Å². The second-order valence-corrected chi connectivity index (χ2v) is 6.03. The molecule has 0 aromatic heterocycles. The average molecular weight is 561 g/mol. The molecule has 3 aliphatic heterocycles. The van der Waals surface area contributed by atoms with Gasteiger partial charge < -0.3 is 14.2 Å². The fraction of sp³-hybridized carbons (Fsp3) is 0.750. The van der Waals surface area contributed by atoms with Crippen molar-refractivity contribution in [3.63, 3.8) is 0 Å². The molecule has 7 heteroatoms. The zero-order valence-corrected chi connectivity index (χ0v) is 17.5. The van der Waals surface area contributed by atoms with Gasteiger partial charge >= 0.3 is 0 Å². The molecule has 0 radical (unpaired) electrons. The van der Waals surface area contributed by atoms with Gasteiger partial charge in [0.1, 0.15) is 0 Å². The van der Waals surface area contributed by atoms with E-state index < -0.39 is 0 Å². The van der Waals surface area contributed by atoms with Crippen molar-refractivity contribution >= 4 is 11.8 Å². The maximum absolute atomic E-state index is 11.0. The van der Waals surface area contributed by atoms with E-state index >= 15 is 0 Å². The molecule has 2 amide bonds. The maximum atomic E-state index is 11.0. The van der Waals surface area contributed by atoms with Crippen LogP contribution in [0.1, 0.15) is 58.8 Å². The molecule has 3 aliphatic rings. The molecule has 2 saturated heterocycles. The summed E-state index contributed by atoms with van der Waals surface area (Å²) in [4.78, 5) is 23.1. The summed E-state index contributed by atoms with van der Waals surface area (Å²) in [5, 5.41) is 0. The molecule has 2 fully saturated rings. The summed E-state index contributed by atoms with van der Waals surface area (Å²) in [6, 6.07) is 0. The number of rotatable bonds is 2. The number of amides is 2. The summed E-state index contributed by atoms with van der Waals surface area (Å²) in [5.41, 5.74) is 1.45. The van der Waals surface area contributed by atoms with Gasteiger partial charge in [0, 0.05) is 51.8 Å². The number of imide groups is 1. The standard InChI is InChI=1S/C7H9NO2.C6H12O2.C3H5O.4CH4.W/c1-4-5(2)7(10)8(3)6(4)9;1-6(3-7-2)4-8-5-6;1-3-2-4-3;;;;;/h1-3H3;3-5H2,1-2H3;2-3H,1H3;4*1H4;/q;;-1;;;;;/i;;2D;;;;;. The van der Waals surface area contributed by atoms with Crippen LogP contribution in [0.2, 0.25) is 0 Å². The smallest absolute Gasteiger partial charge is 0.256 e. The first-order chi connectivity index (χ1) is 10.6. The third kappa shape index (κ3) is 11.8. The van der Waals surface area contributed by atoms with Gasteiger partial charge in [0.05, 0.1) is 19.8 Å². The van der Waals surface area contributed by atoms with Crippen molar-refractivity contribution in [3.05, 3.63) is 17.7 Å². The number of epoxide rings is 1. The van der Waals surface area contributed by atoms with Crippen LogP contribution >= 0.6 is 0 Å². The number of ether oxygens (including phenoxy) is 3. The summed E-state index contributed by atoms with van der Waals surface area (Å²) >= 11 is 0. The first kappa shape index (κ1) is 34.0. The zero-order chi connectivity index (χ0) is 17.8. The minimum atomic E-state index is -0.178. The van der Waals surface area contributed by atoms with Crippen molar-refractivity contribution in [2.75, 3.05) is 34.0 Å². The van der Waals surface area contributed by atoms with Crippen LogP contribution in [0.5, 0.6) is 0 Å². The van der Waals surface area contributed by atoms with Gasteiger partial charge in [-0.05, 0) is 13.8 Å². The normalized spacial score (nSPS) is 21.6. The fourth-order valence-corrected chi connectivity index (χ4v) is 1.87. The van der Waals surface area contributed by atoms with E-state index in [1.807, 2.05) is 6.92 Å². The topological polar surface area (TPSA) is 68.4 Å². The van der Waals surface area contributed by atoms with Crippen molar-refractivity contribution in [1.82, 2.24) is 4.90 Å². The molecule has 1 unspecified atom stereocenters. The first-order valence-electron chi connectivity index (χ1n) is 7.69. The first-order valence-corrected chi connectivity index (χ1v) is 7.19. The molecular weight excluding hydrogens is 518 g/mol. The van der Waals surface area contributed by atoms with Gasteiger partial charge in [-0.1, -0.05) is 49.7 Å². The van der Waals surface area contributed by atoms with Crippen LogP contribution in [-0.2, 0) is 44.9 Å². The average Bonchev–Trinajstić information content (AvgIpc) is 3.11. The Labute approximate surface area is 183 Å². The Kier molecular flexibility index (Phi) is 20.7. The number of nitrogens with zero attached hydrogens (tertiary/aromatic N) is 1. The van der Waals surface area contributed by atoms with Gasteiger partial charge in [-0.3, -0.25) is 14.5 Å². The Bertz CT molecular complexity index is 465. The monoisotopic (exact) mass is 561 g/mol. The van der Waals surface area contributed by atoms with Crippen molar-refractivity contribution in [2.45, 2.75) is 63.5 Å². The van der Waals surface area contributed by atoms with E-state index in [4.69, 9.17) is 10.8 Å². The Morgan fingerprint density at radius 2 is 1.52 bits per heavy atom. The third-order valence-electron chi connectivity index (χ3n) is 3.56. The molecule has 164 valence electrons. The molecule has 0 N–H and O–H groups in total. The second-order valence-electron chi connectivity index (χ2n) is 6.03. The summed E-state index contributed by atoms with van der Waals surface area (Å²) in [6.07, 6.45) is 0.134. The van der Waals surface area contributed by atoms with Gasteiger partial charge in [0.2, 0.25) is 0 Å². The van der Waals surface area contributed by atoms with Gasteiger partial charge in [-0.15, -0.1) is 0 Å². The molecule has 3 rings (SSSR count). The molecule has 1 atom stereocenters. The Morgan fingerprint density at radius 3 is 1.59 bits per heavy atom. The number of carbonyl (C=O) groups excluding carboxylic acids is 2. The molecular formula is C20H42NO5W-. The Morgan fingerprint density at radius 1 is 1.19 bits per heavy atom. The molecule has 0 bridgehead atoms. The molecule has 0 aromatic carbocycles. The summed E-state index contributed by atoms with van der Waals surface area (Å²) < 4.78 is 21.1. The Balaban J connectivity index is -0.0000000899. The third-order valence-corrected chi connectivity index (χ3v) is 3.56. The second kappa shape index (κ2) is 16.4. The summed E-state index contributed by atoms with van der Waals surface area (Å²) in [5.74, 6) is -0.356. The minimum Gasteiger partial charge on any atom is -0.570 e. The number of hydrogen-bond donors (Lipinski definition) is 0. The quantitative estimate of drug-likeness (QED) is 0.289. The van der Waals surface area contributed by atoms with E-state index in [2.05, 4.69) is 11.7 Å². The zero-order valence-electron chi connectivity index (χ0n) is 15.6. The maximum Gasteiger partial charge on any atom is 0.256 e. The van der Waals surface area contributed by atoms with Gasteiger partial charge in [0.15, 0.2) is 0 Å². The number of hydrogen-bond acceptors (Lipinski definition) is 5. The number of methoxy groups -OCH3 is 1. The largest absolute Gasteiger partial charge is 0.570 e. The summed E-state index contributed by atoms with van der Waals surface area (Å²) in [7, 11) is 3.22. The van der Waals surface area contributed by atoms with Gasteiger partial charge in [-0.2, -0.15) is 7.95 Å². The molecule has 0 aliphatic carbocycles. The van der Waals surface area contributed by atoms with Crippen molar-refractivity contribution in [1.29, 1.82) is 0 Å². The van der Waals surface area contributed by atoms with Crippen LogP contribution in [0.25, 0.3) is 0 Å². The molecule has 0 aromatic rings. The number of likely N-dealkylation sites (N-methyl/N-ethyl adjacent to an activating group) is 1. The fourth-order valence-electron chi connectivity index (χ4n) is 1.87. The Hall–Kier alpha value is -0.552. The van der Waals surface area contributed by atoms with Crippen LogP contribution in [0.4, 0.5) is 0 Å². The van der Waals surface area contributed by atoms with Crippen molar-refractivity contribution < 1.29 is 46.2 Å². The molecule has 3 heterocycles. The van der Waals surface area contributed by atoms with E-state index in [-0.39, 0.29) is 68.7 Å². The van der Waals surface area contributed by atoms with Gasteiger partial charge in [0.25, 0.3) is 11.8 Å². The van der Waals surface area contributed by atoms with Crippen LogP contribution < -0.4 is 0 Å². The van der Waals surface area contributed by atoms with E-state index in [0.717, 1.165) is 24.7 Å². The predicted molar refractivity (Wildman–Crippen MR) is 109 cm³/mol. The molecule has 0 spiro atoms. The van der Waals surface area contributed by atoms with Crippen LogP contribution in [0.3, 0.4) is 0 Å². The minimum absolute atomic E-state index is 0. The van der Waals surface area contributed by atoms with Crippen LogP contribution in [0.15, 0.2) is 11.1 Å². The van der Waals surface area contributed by atoms with Crippen LogP contribution in [0, 0.1) is 12.0 Å². The SMILES string of the molecule is C.C.C.C.CC1=C(C)C(=O)N(C)C1=O.COCC1(C)COC1.[2H][C-]1OC1C.[W]. The van der Waals surface area contributed by atoms with Gasteiger partial charge in [-0.25, -0.2) is 0 Å². The van der Waals surface area contributed by atoms with E-state index in [9.17, 15) is 9.59 Å². The summed E-state index contributed by atoms with van der Waals surface area (Å²) in [6.45, 7) is 10.3. The molecule has 27 heavy (non-hydrogen) atoms. The van der Waals surface area contributed by atoms with E-state index in [0.29, 0.717) is 23.1 Å².